The number of ketones is 1. The molecule has 0 radical (unpaired) electrons. The van der Waals surface area contributed by atoms with Crippen molar-refractivity contribution in [2.24, 2.45) is 56.2 Å². The lowest BCUT2D eigenvalue weighted by Gasteiger charge is -2.72. The van der Waals surface area contributed by atoms with E-state index >= 15 is 0 Å². The van der Waals surface area contributed by atoms with Crippen LogP contribution in [0, 0.1) is 56.2 Å². The van der Waals surface area contributed by atoms with Crippen molar-refractivity contribution in [3.8, 4) is 0 Å². The molecule has 0 aromatic rings. The summed E-state index contributed by atoms with van der Waals surface area (Å²) in [5.41, 5.74) is -0.211. The fraction of sp³-hybridized carbons (Fsp3) is 0.837. The number of rotatable bonds is 7. The van der Waals surface area contributed by atoms with Crippen LogP contribution in [0.25, 0.3) is 0 Å². The molecule has 0 spiro atoms. The zero-order valence-corrected chi connectivity index (χ0v) is 34.1. The lowest BCUT2D eigenvalue weighted by Crippen LogP contribution is -2.66. The predicted molar refractivity (Wildman–Crippen MR) is 200 cm³/mol. The Kier molecular flexibility index (Phi) is 10.0. The number of amides is 2. The van der Waals surface area contributed by atoms with E-state index in [1.54, 1.807) is 13.8 Å². The molecule has 1 aliphatic heterocycles. The highest BCUT2D eigenvalue weighted by Gasteiger charge is 2.71. The number of allylic oxidation sites excluding steroid dienone is 1. The van der Waals surface area contributed by atoms with E-state index in [-0.39, 0.29) is 70.2 Å². The van der Waals surface area contributed by atoms with E-state index in [9.17, 15) is 29.1 Å². The summed E-state index contributed by atoms with van der Waals surface area (Å²) in [6, 6.07) is -0.0343. The van der Waals surface area contributed by atoms with Crippen LogP contribution in [0.1, 0.15) is 139 Å². The number of carbonyl (C=O) groups excluding carboxylic acids is 4. The molecule has 10 heteroatoms. The fourth-order valence-electron chi connectivity index (χ4n) is 13.5. The van der Waals surface area contributed by atoms with Gasteiger partial charge in [0.15, 0.2) is 5.78 Å². The summed E-state index contributed by atoms with van der Waals surface area (Å²) in [7, 11) is 1.36. The van der Waals surface area contributed by atoms with E-state index in [0.29, 0.717) is 44.2 Å². The number of carboxylic acids is 1. The second-order valence-corrected chi connectivity index (χ2v) is 20.2. The average Bonchev–Trinajstić information content (AvgIpc) is 3.39. The molecule has 6 rings (SSSR count). The summed E-state index contributed by atoms with van der Waals surface area (Å²) in [4.78, 5) is 67.7. The third kappa shape index (κ3) is 6.05. The van der Waals surface area contributed by atoms with Gasteiger partial charge in [0, 0.05) is 31.0 Å². The second-order valence-electron chi connectivity index (χ2n) is 20.2. The molecule has 4 saturated carbocycles. The van der Waals surface area contributed by atoms with E-state index in [1.807, 2.05) is 4.90 Å². The number of esters is 1. The van der Waals surface area contributed by atoms with Crippen LogP contribution in [0.4, 0.5) is 4.79 Å². The Morgan fingerprint density at radius 2 is 1.55 bits per heavy atom. The highest BCUT2D eigenvalue weighted by Crippen LogP contribution is 2.77. The maximum atomic E-state index is 14.9. The van der Waals surface area contributed by atoms with Gasteiger partial charge in [-0.15, -0.1) is 0 Å². The van der Waals surface area contributed by atoms with Gasteiger partial charge in [0.2, 0.25) is 5.91 Å². The van der Waals surface area contributed by atoms with Gasteiger partial charge < -0.3 is 24.8 Å². The Bertz CT molecular complexity index is 1570. The molecule has 1 heterocycles. The summed E-state index contributed by atoms with van der Waals surface area (Å²) in [6.07, 6.45) is 8.10. The van der Waals surface area contributed by atoms with Crippen LogP contribution in [0.2, 0.25) is 0 Å². The number of alkyl carbamates (subject to hydrolysis) is 1. The van der Waals surface area contributed by atoms with Crippen LogP contribution in [-0.4, -0.2) is 72.1 Å². The first-order valence-corrected chi connectivity index (χ1v) is 20.4. The molecule has 6 aliphatic rings. The molecule has 0 bridgehead atoms. The van der Waals surface area contributed by atoms with Crippen LogP contribution in [0.15, 0.2) is 11.1 Å². The van der Waals surface area contributed by atoms with Crippen molar-refractivity contribution < 1.29 is 38.6 Å². The molecule has 10 nitrogen and oxygen atoms in total. The standard InChI is InChI=1S/C43H66N2O8/c1-25(2)33-28(46)23-43(35(48)45-21-15-26(16-22-45)44-37(51)52-10)20-19-41(8)27(34(33)43)11-12-30-40(7)17-14-31(53-32(47)24-38(3,4)36(49)50)39(5,6)29(40)13-18-42(30,41)9/h25-27,29-31H,11-24H2,1-10H3,(H,44,51)(H,49,50)/t27-,29+,30-,31+,40+,41-,42-,43-/m1/s1. The molecule has 5 fully saturated rings. The minimum absolute atomic E-state index is 0.000107. The molecule has 0 unspecified atom stereocenters. The molecule has 296 valence electrons. The summed E-state index contributed by atoms with van der Waals surface area (Å²) >= 11 is 0. The number of fused-ring (bicyclic) bond motifs is 7. The van der Waals surface area contributed by atoms with Gasteiger partial charge >= 0.3 is 18.0 Å². The minimum atomic E-state index is -1.18. The van der Waals surface area contributed by atoms with Crippen LogP contribution < -0.4 is 5.32 Å². The topological polar surface area (TPSA) is 139 Å². The zero-order chi connectivity index (χ0) is 39.1. The number of nitrogens with zero attached hydrogens (tertiary/aromatic N) is 1. The maximum absolute atomic E-state index is 14.9. The number of aliphatic carboxylic acids is 1. The van der Waals surface area contributed by atoms with Crippen LogP contribution in [0.5, 0.6) is 0 Å². The molecule has 0 aromatic heterocycles. The number of carbonyl (C=O) groups is 5. The summed E-state index contributed by atoms with van der Waals surface area (Å²) in [5.74, 6) is -0.185. The van der Waals surface area contributed by atoms with E-state index in [0.717, 1.165) is 50.5 Å². The van der Waals surface area contributed by atoms with Crippen molar-refractivity contribution in [2.45, 2.75) is 152 Å². The van der Waals surface area contributed by atoms with Gasteiger partial charge in [-0.2, -0.15) is 0 Å². The van der Waals surface area contributed by atoms with Crippen LogP contribution in [0.3, 0.4) is 0 Å². The Labute approximate surface area is 316 Å². The Hall–Kier alpha value is -2.91. The second kappa shape index (κ2) is 13.4. The Morgan fingerprint density at radius 3 is 2.15 bits per heavy atom. The quantitative estimate of drug-likeness (QED) is 0.253. The molecule has 5 aliphatic carbocycles. The van der Waals surface area contributed by atoms with Crippen molar-refractivity contribution in [3.63, 3.8) is 0 Å². The summed E-state index contributed by atoms with van der Waals surface area (Å²) in [5, 5.41) is 12.5. The normalized spacial score (nSPS) is 38.3. The third-order valence-electron chi connectivity index (χ3n) is 16.5. The molecular formula is C43H66N2O8. The zero-order valence-electron chi connectivity index (χ0n) is 34.1. The first kappa shape index (κ1) is 39.8. The van der Waals surface area contributed by atoms with Crippen LogP contribution >= 0.6 is 0 Å². The maximum Gasteiger partial charge on any atom is 0.407 e. The van der Waals surface area contributed by atoms with E-state index in [4.69, 9.17) is 9.47 Å². The first-order valence-electron chi connectivity index (χ1n) is 20.4. The molecular weight excluding hydrogens is 672 g/mol. The van der Waals surface area contributed by atoms with Gasteiger partial charge in [0.05, 0.1) is 24.4 Å². The van der Waals surface area contributed by atoms with Gasteiger partial charge in [-0.1, -0.05) is 48.5 Å². The Morgan fingerprint density at radius 1 is 0.887 bits per heavy atom. The van der Waals surface area contributed by atoms with Crippen molar-refractivity contribution in [1.82, 2.24) is 10.2 Å². The molecule has 1 saturated heterocycles. The van der Waals surface area contributed by atoms with E-state index in [2.05, 4.69) is 53.8 Å². The number of methoxy groups -OCH3 is 1. The molecule has 0 aromatic carbocycles. The molecule has 2 amide bonds. The lowest BCUT2D eigenvalue weighted by atomic mass is 9.33. The highest BCUT2D eigenvalue weighted by atomic mass is 16.5. The van der Waals surface area contributed by atoms with Gasteiger partial charge in [-0.25, -0.2) is 4.79 Å². The fourth-order valence-corrected chi connectivity index (χ4v) is 13.5. The smallest absolute Gasteiger partial charge is 0.407 e. The van der Waals surface area contributed by atoms with Gasteiger partial charge in [-0.3, -0.25) is 19.2 Å². The summed E-state index contributed by atoms with van der Waals surface area (Å²) in [6.45, 7) is 20.5. The third-order valence-corrected chi connectivity index (χ3v) is 16.5. The number of likely N-dealkylation sites (tertiary alicyclic amines) is 1. The van der Waals surface area contributed by atoms with Crippen molar-refractivity contribution in [2.75, 3.05) is 20.2 Å². The number of ether oxygens (including phenoxy) is 2. The molecule has 8 atom stereocenters. The van der Waals surface area contributed by atoms with Gasteiger partial charge in [-0.05, 0) is 129 Å². The lowest BCUT2D eigenvalue weighted by molar-refractivity contribution is -0.233. The van der Waals surface area contributed by atoms with Gasteiger partial charge in [0.25, 0.3) is 0 Å². The monoisotopic (exact) mass is 738 g/mol. The van der Waals surface area contributed by atoms with Gasteiger partial charge in [0.1, 0.15) is 6.10 Å². The number of hydrogen-bond donors (Lipinski definition) is 2. The van der Waals surface area contributed by atoms with Crippen LogP contribution in [-0.2, 0) is 28.7 Å². The van der Waals surface area contributed by atoms with Crippen molar-refractivity contribution in [3.05, 3.63) is 11.1 Å². The largest absolute Gasteiger partial charge is 0.481 e. The number of piperidine rings is 1. The van der Waals surface area contributed by atoms with Crippen molar-refractivity contribution >= 4 is 29.7 Å². The number of hydrogen-bond acceptors (Lipinski definition) is 7. The minimum Gasteiger partial charge on any atom is -0.481 e. The number of carboxylic acid groups (broad SMARTS) is 1. The molecule has 2 N–H and O–H groups in total. The highest BCUT2D eigenvalue weighted by molar-refractivity contribution is 6.07. The Balaban J connectivity index is 1.27. The SMILES string of the molecule is COC(=O)NC1CCN(C(=O)[C@@]23CC[C@]4(C)[C@H](CC[C@@H]5[C@@]6(C)CC[C@H](OC(=O)CC(C)(C)C(=O)O)C(C)(C)[C@@H]6CC[C@]54C)C2=C(C(C)C)C(=O)C3)CC1. The van der Waals surface area contributed by atoms with E-state index < -0.39 is 28.9 Å². The first-order chi connectivity index (χ1) is 24.6. The van der Waals surface area contributed by atoms with Crippen molar-refractivity contribution in [1.29, 1.82) is 0 Å². The molecule has 53 heavy (non-hydrogen) atoms. The predicted octanol–water partition coefficient (Wildman–Crippen LogP) is 7.73. The number of Topliss-reactive ketones (excluding diaryl/α,β-unsaturated/α-hetero) is 1. The van der Waals surface area contributed by atoms with E-state index in [1.165, 1.54) is 12.7 Å². The average molecular weight is 739 g/mol. The number of nitrogens with one attached hydrogen (secondary N) is 1. The summed E-state index contributed by atoms with van der Waals surface area (Å²) < 4.78 is 11.0.